The minimum Gasteiger partial charge on any atom is -0.480 e. The summed E-state index contributed by atoms with van der Waals surface area (Å²) in [4.78, 5) is 35.7. The molecule has 1 aliphatic rings. The number of carbonyl (C=O) groups excluding carboxylic acids is 2. The van der Waals surface area contributed by atoms with Gasteiger partial charge < -0.3 is 24.8 Å². The lowest BCUT2D eigenvalue weighted by Crippen LogP contribution is -2.60. The van der Waals surface area contributed by atoms with Crippen LogP contribution in [-0.4, -0.2) is 66.9 Å². The molecule has 0 radical (unpaired) electrons. The highest BCUT2D eigenvalue weighted by atomic mass is 16.5. The summed E-state index contributed by atoms with van der Waals surface area (Å²) in [5, 5.41) is 11.8. The number of carboxylic acid groups (broad SMARTS) is 1. The van der Waals surface area contributed by atoms with E-state index in [1.807, 2.05) is 0 Å². The summed E-state index contributed by atoms with van der Waals surface area (Å²) in [6, 6.07) is -0.623. The van der Waals surface area contributed by atoms with E-state index in [-0.39, 0.29) is 39.2 Å². The molecule has 2 amide bonds. The monoisotopic (exact) mass is 288 g/mol. The van der Waals surface area contributed by atoms with Crippen LogP contribution < -0.4 is 5.32 Å². The number of rotatable bonds is 5. The number of nitrogens with zero attached hydrogens (tertiary/aromatic N) is 1. The maximum atomic E-state index is 12.0. The van der Waals surface area contributed by atoms with Crippen molar-refractivity contribution in [2.24, 2.45) is 0 Å². The first-order valence-corrected chi connectivity index (χ1v) is 6.41. The standard InChI is InChI=1S/C12H20N2O6/c1-3-20-9(15)8-14(2)11(18)13-12(10(16)17)4-6-19-7-5-12/h3-8H2,1-2H3,(H,13,18)(H,16,17). The number of aliphatic carboxylic acids is 1. The number of likely N-dealkylation sites (N-methyl/N-ethyl adjacent to an activating group) is 1. The zero-order chi connectivity index (χ0) is 15.2. The van der Waals surface area contributed by atoms with Gasteiger partial charge in [-0.05, 0) is 6.92 Å². The molecule has 0 aromatic heterocycles. The van der Waals surface area contributed by atoms with Gasteiger partial charge >= 0.3 is 18.0 Å². The van der Waals surface area contributed by atoms with Crippen molar-refractivity contribution in [2.45, 2.75) is 25.3 Å². The van der Waals surface area contributed by atoms with Gasteiger partial charge in [-0.3, -0.25) is 4.79 Å². The van der Waals surface area contributed by atoms with E-state index >= 15 is 0 Å². The topological polar surface area (TPSA) is 105 Å². The molecule has 1 heterocycles. The fourth-order valence-electron chi connectivity index (χ4n) is 1.88. The summed E-state index contributed by atoms with van der Waals surface area (Å²) < 4.78 is 9.84. The van der Waals surface area contributed by atoms with Crippen molar-refractivity contribution >= 4 is 18.0 Å². The lowest BCUT2D eigenvalue weighted by atomic mass is 9.90. The first-order chi connectivity index (χ1) is 9.41. The molecule has 0 aliphatic carbocycles. The summed E-state index contributed by atoms with van der Waals surface area (Å²) in [6.07, 6.45) is 0.392. The fraction of sp³-hybridized carbons (Fsp3) is 0.750. The zero-order valence-corrected chi connectivity index (χ0v) is 11.7. The quantitative estimate of drug-likeness (QED) is 0.680. The summed E-state index contributed by atoms with van der Waals surface area (Å²) in [5.74, 6) is -1.64. The van der Waals surface area contributed by atoms with E-state index in [1.54, 1.807) is 6.92 Å². The SMILES string of the molecule is CCOC(=O)CN(C)C(=O)NC1(C(=O)O)CCOCC1. The normalized spacial score (nSPS) is 17.1. The smallest absolute Gasteiger partial charge is 0.329 e. The predicted molar refractivity (Wildman–Crippen MR) is 68.2 cm³/mol. The van der Waals surface area contributed by atoms with Gasteiger partial charge in [0.1, 0.15) is 12.1 Å². The number of nitrogens with one attached hydrogen (secondary N) is 1. The highest BCUT2D eigenvalue weighted by Crippen LogP contribution is 2.21. The largest absolute Gasteiger partial charge is 0.480 e. The van der Waals surface area contributed by atoms with Crippen LogP contribution in [0.1, 0.15) is 19.8 Å². The van der Waals surface area contributed by atoms with Gasteiger partial charge in [0.05, 0.1) is 6.61 Å². The van der Waals surface area contributed by atoms with Crippen molar-refractivity contribution < 1.29 is 29.0 Å². The first kappa shape index (κ1) is 16.2. The molecule has 0 atom stereocenters. The van der Waals surface area contributed by atoms with Crippen LogP contribution in [-0.2, 0) is 19.1 Å². The van der Waals surface area contributed by atoms with Gasteiger partial charge in [0.25, 0.3) is 0 Å². The molecule has 2 N–H and O–H groups in total. The Morgan fingerprint density at radius 1 is 1.35 bits per heavy atom. The molecule has 0 unspecified atom stereocenters. The number of carbonyl (C=O) groups is 3. The van der Waals surface area contributed by atoms with Crippen molar-refractivity contribution in [1.29, 1.82) is 0 Å². The predicted octanol–water partition coefficient (Wildman–Crippen LogP) is -0.175. The molecule has 0 aromatic rings. The molecule has 1 rings (SSSR count). The Bertz CT molecular complexity index is 378. The maximum absolute atomic E-state index is 12.0. The van der Waals surface area contributed by atoms with Crippen molar-refractivity contribution in [3.63, 3.8) is 0 Å². The Balaban J connectivity index is 2.62. The third-order valence-electron chi connectivity index (χ3n) is 3.12. The molecule has 0 bridgehead atoms. The van der Waals surface area contributed by atoms with E-state index in [2.05, 4.69) is 5.32 Å². The second-order valence-electron chi connectivity index (χ2n) is 4.59. The Labute approximate surface area is 117 Å². The molecule has 20 heavy (non-hydrogen) atoms. The van der Waals surface area contributed by atoms with Crippen LogP contribution in [0, 0.1) is 0 Å². The van der Waals surface area contributed by atoms with Crippen LogP contribution in [0.25, 0.3) is 0 Å². The molecule has 1 aliphatic heterocycles. The van der Waals surface area contributed by atoms with E-state index in [0.29, 0.717) is 0 Å². The number of hydrogen-bond acceptors (Lipinski definition) is 5. The summed E-state index contributed by atoms with van der Waals surface area (Å²) >= 11 is 0. The average molecular weight is 288 g/mol. The molecule has 1 saturated heterocycles. The number of hydrogen-bond donors (Lipinski definition) is 2. The lowest BCUT2D eigenvalue weighted by Gasteiger charge is -2.35. The van der Waals surface area contributed by atoms with Crippen LogP contribution in [0.2, 0.25) is 0 Å². The second kappa shape index (κ2) is 7.09. The van der Waals surface area contributed by atoms with Crippen molar-refractivity contribution in [2.75, 3.05) is 33.4 Å². The van der Waals surface area contributed by atoms with Gasteiger partial charge in [0.2, 0.25) is 0 Å². The summed E-state index contributed by atoms with van der Waals surface area (Å²) in [7, 11) is 1.40. The van der Waals surface area contributed by atoms with E-state index < -0.39 is 23.5 Å². The summed E-state index contributed by atoms with van der Waals surface area (Å²) in [6.45, 7) is 2.21. The Morgan fingerprint density at radius 3 is 2.45 bits per heavy atom. The average Bonchev–Trinajstić information content (AvgIpc) is 2.39. The van der Waals surface area contributed by atoms with Crippen LogP contribution in [0.4, 0.5) is 4.79 Å². The van der Waals surface area contributed by atoms with Crippen molar-refractivity contribution in [3.8, 4) is 0 Å². The van der Waals surface area contributed by atoms with E-state index in [4.69, 9.17) is 9.47 Å². The van der Waals surface area contributed by atoms with Crippen LogP contribution in [0.5, 0.6) is 0 Å². The number of esters is 1. The molecular weight excluding hydrogens is 268 g/mol. The number of ether oxygens (including phenoxy) is 2. The first-order valence-electron chi connectivity index (χ1n) is 6.41. The van der Waals surface area contributed by atoms with Gasteiger partial charge in [-0.2, -0.15) is 0 Å². The number of urea groups is 1. The third-order valence-corrected chi connectivity index (χ3v) is 3.12. The zero-order valence-electron chi connectivity index (χ0n) is 11.7. The van der Waals surface area contributed by atoms with E-state index in [9.17, 15) is 19.5 Å². The van der Waals surface area contributed by atoms with Crippen LogP contribution >= 0.6 is 0 Å². The Morgan fingerprint density at radius 2 is 1.95 bits per heavy atom. The third kappa shape index (κ3) is 4.09. The summed E-state index contributed by atoms with van der Waals surface area (Å²) in [5.41, 5.74) is -1.34. The van der Waals surface area contributed by atoms with Crippen LogP contribution in [0.15, 0.2) is 0 Å². The number of amides is 2. The van der Waals surface area contributed by atoms with Crippen molar-refractivity contribution in [3.05, 3.63) is 0 Å². The van der Waals surface area contributed by atoms with Gasteiger partial charge in [0, 0.05) is 33.1 Å². The molecule has 0 saturated carbocycles. The number of carboxylic acids is 1. The van der Waals surface area contributed by atoms with Gasteiger partial charge in [0.15, 0.2) is 0 Å². The van der Waals surface area contributed by atoms with Gasteiger partial charge in [-0.1, -0.05) is 0 Å². The lowest BCUT2D eigenvalue weighted by molar-refractivity contribution is -0.148. The molecule has 0 spiro atoms. The molecule has 0 aromatic carbocycles. The highest BCUT2D eigenvalue weighted by Gasteiger charge is 2.42. The van der Waals surface area contributed by atoms with Gasteiger partial charge in [-0.25, -0.2) is 9.59 Å². The molecule has 114 valence electrons. The molecule has 8 heteroatoms. The minimum absolute atomic E-state index is 0.196. The van der Waals surface area contributed by atoms with Crippen LogP contribution in [0.3, 0.4) is 0 Å². The molecule has 1 fully saturated rings. The Kier molecular flexibility index (Phi) is 5.75. The molecule has 8 nitrogen and oxygen atoms in total. The molecular formula is C12H20N2O6. The Hall–Kier alpha value is -1.83. The van der Waals surface area contributed by atoms with E-state index in [0.717, 1.165) is 4.90 Å². The minimum atomic E-state index is -1.34. The van der Waals surface area contributed by atoms with Gasteiger partial charge in [-0.15, -0.1) is 0 Å². The van der Waals surface area contributed by atoms with Crippen molar-refractivity contribution in [1.82, 2.24) is 10.2 Å². The maximum Gasteiger partial charge on any atom is 0.329 e. The van der Waals surface area contributed by atoms with E-state index in [1.165, 1.54) is 7.05 Å². The second-order valence-corrected chi connectivity index (χ2v) is 4.59. The highest BCUT2D eigenvalue weighted by molar-refractivity contribution is 5.87. The fourth-order valence-corrected chi connectivity index (χ4v) is 1.88.